The van der Waals surface area contributed by atoms with Crippen LogP contribution in [0.1, 0.15) is 50.8 Å². The zero-order valence-corrected chi connectivity index (χ0v) is 15.7. The van der Waals surface area contributed by atoms with Crippen LogP contribution in [-0.2, 0) is 10.2 Å². The lowest BCUT2D eigenvalue weighted by Gasteiger charge is -2.32. The molecular weight excluding hydrogens is 327 g/mol. The summed E-state index contributed by atoms with van der Waals surface area (Å²) in [6.45, 7) is 7.29. The Balaban J connectivity index is 1.79. The van der Waals surface area contributed by atoms with Gasteiger partial charge in [0.2, 0.25) is 5.91 Å². The molecule has 2 N–H and O–H groups in total. The van der Waals surface area contributed by atoms with Gasteiger partial charge in [0.25, 0.3) is 0 Å². The van der Waals surface area contributed by atoms with Gasteiger partial charge in [-0.1, -0.05) is 45.0 Å². The Hall–Kier alpha value is -2.20. The van der Waals surface area contributed by atoms with Gasteiger partial charge >= 0.3 is 0 Å². The lowest BCUT2D eigenvalue weighted by Crippen LogP contribution is -2.40. The molecule has 0 aliphatic carbocycles. The molecule has 0 spiro atoms. The molecule has 2 aromatic carbocycles. The zero-order valence-electron chi connectivity index (χ0n) is 15.7. The highest BCUT2D eigenvalue weighted by molar-refractivity contribution is 5.93. The standard InChI is InChI=1S/C22H27FN2O/c1-22(2,3)16-8-5-10-18(14-16)25-21(26)19-11-6-12-24-20(19)15-7-4-9-17(23)13-15/h4-5,7-10,13-14,19-20,24H,6,11-12H2,1-3H3,(H,25,26)/t19?,20-/m0/s1. The molecule has 1 aliphatic heterocycles. The average molecular weight is 354 g/mol. The topological polar surface area (TPSA) is 41.1 Å². The van der Waals surface area contributed by atoms with Crippen molar-refractivity contribution in [3.05, 3.63) is 65.5 Å². The molecule has 0 saturated carbocycles. The highest BCUT2D eigenvalue weighted by Crippen LogP contribution is 2.31. The maximum absolute atomic E-state index is 13.6. The number of nitrogens with one attached hydrogen (secondary N) is 2. The van der Waals surface area contributed by atoms with Gasteiger partial charge in [0.15, 0.2) is 0 Å². The molecule has 3 nitrogen and oxygen atoms in total. The van der Waals surface area contributed by atoms with Crippen molar-refractivity contribution in [3.63, 3.8) is 0 Å². The van der Waals surface area contributed by atoms with E-state index in [-0.39, 0.29) is 29.1 Å². The fraction of sp³-hybridized carbons (Fsp3) is 0.409. The van der Waals surface area contributed by atoms with E-state index in [2.05, 4.69) is 37.5 Å². The SMILES string of the molecule is CC(C)(C)c1cccc(NC(=O)C2CCCN[C@H]2c2cccc(F)c2)c1. The van der Waals surface area contributed by atoms with Crippen LogP contribution in [-0.4, -0.2) is 12.5 Å². The third-order valence-corrected chi connectivity index (χ3v) is 5.00. The lowest BCUT2D eigenvalue weighted by molar-refractivity contribution is -0.121. The first-order valence-corrected chi connectivity index (χ1v) is 9.25. The first-order valence-electron chi connectivity index (χ1n) is 9.25. The number of piperidine rings is 1. The van der Waals surface area contributed by atoms with E-state index in [1.54, 1.807) is 6.07 Å². The number of anilines is 1. The van der Waals surface area contributed by atoms with Gasteiger partial charge in [0, 0.05) is 11.7 Å². The highest BCUT2D eigenvalue weighted by Gasteiger charge is 2.32. The molecule has 26 heavy (non-hydrogen) atoms. The van der Waals surface area contributed by atoms with Gasteiger partial charge in [-0.3, -0.25) is 4.79 Å². The minimum Gasteiger partial charge on any atom is -0.326 e. The maximum atomic E-state index is 13.6. The minimum atomic E-state index is -0.271. The Morgan fingerprint density at radius 3 is 2.65 bits per heavy atom. The summed E-state index contributed by atoms with van der Waals surface area (Å²) in [7, 11) is 0. The number of benzene rings is 2. The van der Waals surface area contributed by atoms with Crippen molar-refractivity contribution in [2.75, 3.05) is 11.9 Å². The van der Waals surface area contributed by atoms with Crippen LogP contribution in [0.15, 0.2) is 48.5 Å². The molecule has 0 bridgehead atoms. The number of hydrogen-bond acceptors (Lipinski definition) is 2. The first-order chi connectivity index (χ1) is 12.3. The molecule has 0 aromatic heterocycles. The van der Waals surface area contributed by atoms with E-state index < -0.39 is 0 Å². The number of rotatable bonds is 3. The monoisotopic (exact) mass is 354 g/mol. The second-order valence-corrected chi connectivity index (χ2v) is 8.06. The molecular formula is C22H27FN2O. The summed E-state index contributed by atoms with van der Waals surface area (Å²) in [5, 5.41) is 6.45. The fourth-order valence-electron chi connectivity index (χ4n) is 3.52. The van der Waals surface area contributed by atoms with E-state index in [1.165, 1.54) is 17.7 Å². The van der Waals surface area contributed by atoms with Crippen LogP contribution in [0.2, 0.25) is 0 Å². The first kappa shape index (κ1) is 18.6. The summed E-state index contributed by atoms with van der Waals surface area (Å²) in [5.74, 6) is -0.506. The molecule has 138 valence electrons. The third-order valence-electron chi connectivity index (χ3n) is 5.00. The zero-order chi connectivity index (χ0) is 18.7. The summed E-state index contributed by atoms with van der Waals surface area (Å²) < 4.78 is 13.6. The van der Waals surface area contributed by atoms with Gasteiger partial charge in [-0.2, -0.15) is 0 Å². The minimum absolute atomic E-state index is 0.0162. The smallest absolute Gasteiger partial charge is 0.229 e. The van der Waals surface area contributed by atoms with Crippen molar-refractivity contribution in [3.8, 4) is 0 Å². The molecule has 1 saturated heterocycles. The van der Waals surface area contributed by atoms with Gasteiger partial charge < -0.3 is 10.6 Å². The lowest BCUT2D eigenvalue weighted by atomic mass is 9.85. The number of halogens is 1. The number of hydrogen-bond donors (Lipinski definition) is 2. The molecule has 1 fully saturated rings. The molecule has 3 rings (SSSR count). The Kier molecular flexibility index (Phi) is 5.42. The molecule has 1 unspecified atom stereocenters. The fourth-order valence-corrected chi connectivity index (χ4v) is 3.52. The van der Waals surface area contributed by atoms with E-state index in [0.29, 0.717) is 0 Å². The molecule has 2 aromatic rings. The molecule has 4 heteroatoms. The van der Waals surface area contributed by atoms with E-state index in [4.69, 9.17) is 0 Å². The van der Waals surface area contributed by atoms with Crippen LogP contribution in [0.5, 0.6) is 0 Å². The van der Waals surface area contributed by atoms with Crippen molar-refractivity contribution in [1.82, 2.24) is 5.32 Å². The third kappa shape index (κ3) is 4.31. The van der Waals surface area contributed by atoms with Crippen LogP contribution in [0, 0.1) is 11.7 Å². The largest absolute Gasteiger partial charge is 0.326 e. The second-order valence-electron chi connectivity index (χ2n) is 8.06. The van der Waals surface area contributed by atoms with Crippen LogP contribution in [0.3, 0.4) is 0 Å². The van der Waals surface area contributed by atoms with Crippen LogP contribution in [0.4, 0.5) is 10.1 Å². The highest BCUT2D eigenvalue weighted by atomic mass is 19.1. The van der Waals surface area contributed by atoms with Gasteiger partial charge in [-0.15, -0.1) is 0 Å². The summed E-state index contributed by atoms with van der Waals surface area (Å²) in [5.41, 5.74) is 2.84. The number of amides is 1. The van der Waals surface area contributed by atoms with E-state index >= 15 is 0 Å². The van der Waals surface area contributed by atoms with E-state index in [0.717, 1.165) is 30.6 Å². The van der Waals surface area contributed by atoms with Crippen LogP contribution >= 0.6 is 0 Å². The molecule has 1 amide bonds. The van der Waals surface area contributed by atoms with Crippen molar-refractivity contribution < 1.29 is 9.18 Å². The number of carbonyl (C=O) groups is 1. The second kappa shape index (κ2) is 7.58. The quantitative estimate of drug-likeness (QED) is 0.831. The number of carbonyl (C=O) groups excluding carboxylic acids is 1. The molecule has 1 aliphatic rings. The van der Waals surface area contributed by atoms with Crippen LogP contribution < -0.4 is 10.6 Å². The van der Waals surface area contributed by atoms with E-state index in [9.17, 15) is 9.18 Å². The average Bonchev–Trinajstić information content (AvgIpc) is 2.61. The molecule has 1 heterocycles. The Morgan fingerprint density at radius 2 is 1.92 bits per heavy atom. The van der Waals surface area contributed by atoms with Gasteiger partial charge in [0.1, 0.15) is 5.82 Å². The van der Waals surface area contributed by atoms with Crippen molar-refractivity contribution >= 4 is 11.6 Å². The summed E-state index contributed by atoms with van der Waals surface area (Å²) in [4.78, 5) is 13.0. The molecule has 2 atom stereocenters. The molecule has 0 radical (unpaired) electrons. The predicted molar refractivity (Wildman–Crippen MR) is 104 cm³/mol. The summed E-state index contributed by atoms with van der Waals surface area (Å²) in [6, 6.07) is 14.4. The van der Waals surface area contributed by atoms with Crippen molar-refractivity contribution in [2.24, 2.45) is 5.92 Å². The maximum Gasteiger partial charge on any atom is 0.229 e. The Morgan fingerprint density at radius 1 is 1.15 bits per heavy atom. The summed E-state index contributed by atoms with van der Waals surface area (Å²) in [6.07, 6.45) is 1.73. The Labute approximate surface area is 155 Å². The summed E-state index contributed by atoms with van der Waals surface area (Å²) >= 11 is 0. The van der Waals surface area contributed by atoms with Gasteiger partial charge in [-0.05, 0) is 60.2 Å². The van der Waals surface area contributed by atoms with E-state index in [1.807, 2.05) is 24.3 Å². The Bertz CT molecular complexity index is 782. The predicted octanol–water partition coefficient (Wildman–Crippen LogP) is 4.80. The normalized spacial score (nSPS) is 20.6. The van der Waals surface area contributed by atoms with Gasteiger partial charge in [-0.25, -0.2) is 4.39 Å². The van der Waals surface area contributed by atoms with Gasteiger partial charge in [0.05, 0.1) is 5.92 Å². The van der Waals surface area contributed by atoms with Crippen molar-refractivity contribution in [1.29, 1.82) is 0 Å². The van der Waals surface area contributed by atoms with Crippen molar-refractivity contribution in [2.45, 2.75) is 45.1 Å². The van der Waals surface area contributed by atoms with Crippen LogP contribution in [0.25, 0.3) is 0 Å².